The fourth-order valence-electron chi connectivity index (χ4n) is 4.81. The first-order valence-electron chi connectivity index (χ1n) is 10.1. The summed E-state index contributed by atoms with van der Waals surface area (Å²) in [6, 6.07) is 1.95. The number of aromatic nitrogens is 4. The summed E-state index contributed by atoms with van der Waals surface area (Å²) in [5, 5.41) is -0.0371. The molecule has 0 bridgehead atoms. The molecule has 2 fully saturated rings. The van der Waals surface area contributed by atoms with Gasteiger partial charge in [0.1, 0.15) is 10.8 Å². The number of nitrogen functional groups attached to an aromatic ring is 1. The second kappa shape index (κ2) is 7.55. The van der Waals surface area contributed by atoms with Gasteiger partial charge in [-0.2, -0.15) is 9.37 Å². The average Bonchev–Trinajstić information content (AvgIpc) is 3.36. The fourth-order valence-corrected chi connectivity index (χ4v) is 5.95. The van der Waals surface area contributed by atoms with Crippen LogP contribution in [0.1, 0.15) is 32.1 Å². The van der Waals surface area contributed by atoms with Crippen LogP contribution in [0, 0.1) is 11.4 Å². The molecular formula is C20H23ClFN7S. The predicted octanol–water partition coefficient (Wildman–Crippen LogP) is 3.75. The van der Waals surface area contributed by atoms with Gasteiger partial charge in [-0.05, 0) is 37.2 Å². The van der Waals surface area contributed by atoms with Gasteiger partial charge in [0, 0.05) is 42.6 Å². The van der Waals surface area contributed by atoms with Crippen LogP contribution >= 0.6 is 23.4 Å². The number of piperidine rings is 1. The molecule has 2 aliphatic rings. The summed E-state index contributed by atoms with van der Waals surface area (Å²) in [7, 11) is 0. The van der Waals surface area contributed by atoms with Gasteiger partial charge in [0.2, 0.25) is 11.9 Å². The van der Waals surface area contributed by atoms with Crippen molar-refractivity contribution < 1.29 is 4.39 Å². The number of fused-ring (bicyclic) bond motifs is 1. The molecule has 3 aromatic rings. The van der Waals surface area contributed by atoms with Crippen molar-refractivity contribution >= 4 is 40.8 Å². The highest BCUT2D eigenvalue weighted by atomic mass is 35.5. The van der Waals surface area contributed by atoms with E-state index in [0.717, 1.165) is 38.3 Å². The highest BCUT2D eigenvalue weighted by Crippen LogP contribution is 2.46. The first-order chi connectivity index (χ1) is 14.5. The summed E-state index contributed by atoms with van der Waals surface area (Å²) in [6.07, 6.45) is 10.7. The molecule has 0 aromatic carbocycles. The van der Waals surface area contributed by atoms with Gasteiger partial charge in [-0.3, -0.25) is 4.40 Å². The summed E-state index contributed by atoms with van der Waals surface area (Å²) in [5.41, 5.74) is 13.7. The molecule has 4 heterocycles. The van der Waals surface area contributed by atoms with Crippen LogP contribution < -0.4 is 16.4 Å². The minimum Gasteiger partial charge on any atom is -0.383 e. The maximum absolute atomic E-state index is 13.8. The lowest BCUT2D eigenvalue weighted by atomic mass is 9.74. The summed E-state index contributed by atoms with van der Waals surface area (Å²) in [5.74, 6) is 0.411. The summed E-state index contributed by atoms with van der Waals surface area (Å²) in [4.78, 5) is 16.2. The molecule has 1 spiro atoms. The second-order valence-electron chi connectivity index (χ2n) is 8.11. The molecule has 5 rings (SSSR count). The number of rotatable bonds is 3. The SMILES string of the molecule is Nc1nc(N2CCC3(CCC[C@H]3N)CC2)n2ccnc2c1Sc1ccnc(F)c1Cl. The molecule has 30 heavy (non-hydrogen) atoms. The van der Waals surface area contributed by atoms with Crippen molar-refractivity contribution in [3.05, 3.63) is 35.6 Å². The van der Waals surface area contributed by atoms with E-state index in [1.807, 2.05) is 10.6 Å². The third-order valence-electron chi connectivity index (χ3n) is 6.55. The van der Waals surface area contributed by atoms with Crippen LogP contribution in [0.25, 0.3) is 5.65 Å². The smallest absolute Gasteiger partial charge is 0.232 e. The van der Waals surface area contributed by atoms with Gasteiger partial charge < -0.3 is 16.4 Å². The van der Waals surface area contributed by atoms with E-state index in [1.54, 1.807) is 12.3 Å². The number of nitrogens with zero attached hydrogens (tertiary/aromatic N) is 5. The van der Waals surface area contributed by atoms with Crippen LogP contribution in [0.5, 0.6) is 0 Å². The van der Waals surface area contributed by atoms with E-state index in [-0.39, 0.29) is 10.4 Å². The molecule has 1 saturated heterocycles. The Morgan fingerprint density at radius 2 is 2.00 bits per heavy atom. The monoisotopic (exact) mass is 447 g/mol. The zero-order valence-corrected chi connectivity index (χ0v) is 18.0. The number of pyridine rings is 1. The number of halogens is 2. The number of anilines is 2. The van der Waals surface area contributed by atoms with Crippen molar-refractivity contribution in [2.45, 2.75) is 47.9 Å². The van der Waals surface area contributed by atoms with Crippen LogP contribution in [0.2, 0.25) is 5.02 Å². The average molecular weight is 448 g/mol. The Bertz CT molecular complexity index is 1100. The first kappa shape index (κ1) is 19.8. The number of nitrogens with two attached hydrogens (primary N) is 2. The van der Waals surface area contributed by atoms with E-state index < -0.39 is 5.95 Å². The lowest BCUT2D eigenvalue weighted by Gasteiger charge is -2.42. The van der Waals surface area contributed by atoms with E-state index in [1.165, 1.54) is 30.8 Å². The Morgan fingerprint density at radius 3 is 2.73 bits per heavy atom. The number of hydrogen-bond donors (Lipinski definition) is 2. The minimum atomic E-state index is -0.712. The Hall–Kier alpha value is -2.10. The summed E-state index contributed by atoms with van der Waals surface area (Å²) in [6.45, 7) is 1.78. The summed E-state index contributed by atoms with van der Waals surface area (Å²) < 4.78 is 15.7. The standard InChI is InChI=1S/C20H23ClFN7S/c21-14-12(3-7-25-16(14)22)30-15-17(24)27-19(29-11-8-26-18(15)29)28-9-5-20(6-10-28)4-1-2-13(20)23/h3,7-8,11,13H,1-2,4-6,9-10,23-24H2/t13-/m1/s1. The van der Waals surface area contributed by atoms with Crippen molar-refractivity contribution in [1.29, 1.82) is 0 Å². The Kier molecular flexibility index (Phi) is 4.99. The Morgan fingerprint density at radius 1 is 1.20 bits per heavy atom. The molecule has 1 atom stereocenters. The van der Waals surface area contributed by atoms with Crippen molar-refractivity contribution in [2.24, 2.45) is 11.1 Å². The van der Waals surface area contributed by atoms with Gasteiger partial charge in [-0.1, -0.05) is 29.8 Å². The van der Waals surface area contributed by atoms with Crippen molar-refractivity contribution in [1.82, 2.24) is 19.4 Å². The molecule has 1 saturated carbocycles. The maximum Gasteiger partial charge on any atom is 0.232 e. The number of hydrogen-bond acceptors (Lipinski definition) is 7. The molecule has 3 aromatic heterocycles. The lowest BCUT2D eigenvalue weighted by Crippen LogP contribution is -2.47. The van der Waals surface area contributed by atoms with Gasteiger partial charge in [-0.25, -0.2) is 9.97 Å². The predicted molar refractivity (Wildman–Crippen MR) is 116 cm³/mol. The van der Waals surface area contributed by atoms with Gasteiger partial charge in [0.25, 0.3) is 0 Å². The maximum atomic E-state index is 13.8. The van der Waals surface area contributed by atoms with Gasteiger partial charge in [0.15, 0.2) is 5.65 Å². The minimum absolute atomic E-state index is 0.0371. The van der Waals surface area contributed by atoms with Crippen LogP contribution in [0.15, 0.2) is 34.4 Å². The van der Waals surface area contributed by atoms with Crippen LogP contribution in [-0.2, 0) is 0 Å². The first-order valence-corrected chi connectivity index (χ1v) is 11.3. The van der Waals surface area contributed by atoms with Crippen LogP contribution in [-0.4, -0.2) is 38.5 Å². The van der Waals surface area contributed by atoms with Crippen molar-refractivity contribution in [3.63, 3.8) is 0 Å². The largest absolute Gasteiger partial charge is 0.383 e. The molecular weight excluding hydrogens is 425 g/mol. The van der Waals surface area contributed by atoms with Gasteiger partial charge in [-0.15, -0.1) is 0 Å². The van der Waals surface area contributed by atoms with E-state index >= 15 is 0 Å². The zero-order chi connectivity index (χ0) is 20.9. The molecule has 1 aliphatic heterocycles. The molecule has 7 nitrogen and oxygen atoms in total. The quantitative estimate of drug-likeness (QED) is 0.590. The van der Waals surface area contributed by atoms with Gasteiger partial charge >= 0.3 is 0 Å². The number of imidazole rings is 1. The van der Waals surface area contributed by atoms with Gasteiger partial charge in [0.05, 0.1) is 4.90 Å². The summed E-state index contributed by atoms with van der Waals surface area (Å²) >= 11 is 7.32. The Labute approximate surface area is 183 Å². The van der Waals surface area contributed by atoms with E-state index in [9.17, 15) is 4.39 Å². The topological polar surface area (TPSA) is 98.4 Å². The normalized spacial score (nSPS) is 21.0. The third-order valence-corrected chi connectivity index (χ3v) is 8.18. The highest BCUT2D eigenvalue weighted by Gasteiger charge is 2.43. The molecule has 158 valence electrons. The molecule has 10 heteroatoms. The molecule has 0 unspecified atom stereocenters. The van der Waals surface area contributed by atoms with E-state index in [4.69, 9.17) is 28.1 Å². The molecule has 4 N–H and O–H groups in total. The van der Waals surface area contributed by atoms with Crippen molar-refractivity contribution in [3.8, 4) is 0 Å². The Balaban J connectivity index is 1.47. The van der Waals surface area contributed by atoms with E-state index in [2.05, 4.69) is 14.9 Å². The highest BCUT2D eigenvalue weighted by molar-refractivity contribution is 7.99. The second-order valence-corrected chi connectivity index (χ2v) is 9.54. The lowest BCUT2D eigenvalue weighted by molar-refractivity contribution is 0.197. The zero-order valence-electron chi connectivity index (χ0n) is 16.4. The van der Waals surface area contributed by atoms with E-state index in [0.29, 0.717) is 27.3 Å². The van der Waals surface area contributed by atoms with Crippen LogP contribution in [0.4, 0.5) is 16.2 Å². The fraction of sp³-hybridized carbons (Fsp3) is 0.450. The molecule has 0 amide bonds. The third kappa shape index (κ3) is 3.19. The molecule has 0 radical (unpaired) electrons. The van der Waals surface area contributed by atoms with Crippen LogP contribution in [0.3, 0.4) is 0 Å². The molecule has 1 aliphatic carbocycles. The van der Waals surface area contributed by atoms with Crippen molar-refractivity contribution in [2.75, 3.05) is 23.7 Å².